The molecule has 0 aliphatic carbocycles. The summed E-state index contributed by atoms with van der Waals surface area (Å²) in [5.74, 6) is 1.54. The van der Waals surface area contributed by atoms with Crippen LogP contribution in [0.25, 0.3) is 10.2 Å². The van der Waals surface area contributed by atoms with Crippen molar-refractivity contribution in [2.45, 2.75) is 19.8 Å². The van der Waals surface area contributed by atoms with Crippen molar-refractivity contribution < 1.29 is 5.11 Å². The van der Waals surface area contributed by atoms with E-state index in [0.29, 0.717) is 12.5 Å². The molecule has 0 aromatic carbocycles. The molecule has 104 valence electrons. The van der Waals surface area contributed by atoms with E-state index in [1.54, 1.807) is 11.3 Å². The second-order valence-corrected chi connectivity index (χ2v) is 5.22. The van der Waals surface area contributed by atoms with Gasteiger partial charge in [-0.3, -0.25) is 0 Å². The van der Waals surface area contributed by atoms with Crippen LogP contribution in [0, 0.1) is 0 Å². The number of nitrogens with zero attached hydrogens (tertiary/aromatic N) is 3. The van der Waals surface area contributed by atoms with Crippen LogP contribution < -0.4 is 10.2 Å². The van der Waals surface area contributed by atoms with E-state index < -0.39 is 0 Å². The number of aromatic nitrogens is 2. The molecular formula is C13H20N4OS. The van der Waals surface area contributed by atoms with Gasteiger partial charge in [-0.1, -0.05) is 13.3 Å². The molecule has 0 radical (unpaired) electrons. The molecule has 0 aliphatic rings. The summed E-state index contributed by atoms with van der Waals surface area (Å²) in [6.45, 7) is 3.80. The van der Waals surface area contributed by atoms with Crippen molar-refractivity contribution in [3.8, 4) is 0 Å². The largest absolute Gasteiger partial charge is 0.395 e. The molecule has 5 nitrogen and oxygen atoms in total. The summed E-state index contributed by atoms with van der Waals surface area (Å²) in [7, 11) is 1.82. The summed E-state index contributed by atoms with van der Waals surface area (Å²) in [5.41, 5.74) is 0. The van der Waals surface area contributed by atoms with Gasteiger partial charge < -0.3 is 15.3 Å². The van der Waals surface area contributed by atoms with Crippen molar-refractivity contribution in [1.29, 1.82) is 0 Å². The minimum Gasteiger partial charge on any atom is -0.395 e. The molecule has 0 atom stereocenters. The average molecular weight is 280 g/mol. The molecule has 0 bridgehead atoms. The van der Waals surface area contributed by atoms with E-state index >= 15 is 0 Å². The van der Waals surface area contributed by atoms with Crippen LogP contribution in [0.2, 0.25) is 0 Å². The van der Waals surface area contributed by atoms with Gasteiger partial charge in [0.25, 0.3) is 0 Å². The number of unbranched alkanes of at least 4 members (excludes halogenated alkanes) is 1. The zero-order valence-electron chi connectivity index (χ0n) is 11.4. The number of thiophene rings is 1. The van der Waals surface area contributed by atoms with E-state index in [-0.39, 0.29) is 6.61 Å². The van der Waals surface area contributed by atoms with Gasteiger partial charge in [-0.05, 0) is 17.9 Å². The van der Waals surface area contributed by atoms with Gasteiger partial charge in [0.1, 0.15) is 10.6 Å². The fourth-order valence-corrected chi connectivity index (χ4v) is 2.74. The summed E-state index contributed by atoms with van der Waals surface area (Å²) in [5, 5.41) is 15.3. The van der Waals surface area contributed by atoms with Gasteiger partial charge in [0.2, 0.25) is 5.95 Å². The molecule has 0 unspecified atom stereocenters. The summed E-state index contributed by atoms with van der Waals surface area (Å²) < 4.78 is 0. The monoisotopic (exact) mass is 280 g/mol. The number of hydrogen-bond donors (Lipinski definition) is 2. The van der Waals surface area contributed by atoms with E-state index in [2.05, 4.69) is 27.1 Å². The van der Waals surface area contributed by atoms with Gasteiger partial charge in [0, 0.05) is 20.1 Å². The highest BCUT2D eigenvalue weighted by Crippen LogP contribution is 2.29. The molecule has 2 aromatic heterocycles. The van der Waals surface area contributed by atoms with Crippen LogP contribution in [0.1, 0.15) is 19.8 Å². The molecular weight excluding hydrogens is 260 g/mol. The van der Waals surface area contributed by atoms with Gasteiger partial charge in [-0.2, -0.15) is 4.98 Å². The summed E-state index contributed by atoms with van der Waals surface area (Å²) in [6.07, 6.45) is 2.21. The highest BCUT2D eigenvalue weighted by Gasteiger charge is 2.14. The molecule has 0 aliphatic heterocycles. The fraction of sp³-hybridized carbons (Fsp3) is 0.538. The highest BCUT2D eigenvalue weighted by atomic mass is 32.1. The maximum Gasteiger partial charge on any atom is 0.225 e. The third-order valence-electron chi connectivity index (χ3n) is 2.98. The first-order valence-electron chi connectivity index (χ1n) is 6.59. The first-order chi connectivity index (χ1) is 9.30. The molecule has 0 fully saturated rings. The molecule has 0 amide bonds. The second-order valence-electron chi connectivity index (χ2n) is 4.32. The lowest BCUT2D eigenvalue weighted by molar-refractivity contribution is 0.301. The number of rotatable bonds is 7. The fourth-order valence-electron chi connectivity index (χ4n) is 1.99. The van der Waals surface area contributed by atoms with E-state index in [1.807, 2.05) is 18.5 Å². The molecule has 2 heterocycles. The van der Waals surface area contributed by atoms with Crippen LogP contribution >= 0.6 is 11.3 Å². The summed E-state index contributed by atoms with van der Waals surface area (Å²) in [4.78, 5) is 12.1. The Hall–Kier alpha value is -1.40. The SMILES string of the molecule is CCCCN(CCO)c1nc(NC)nc2sccc12. The van der Waals surface area contributed by atoms with Gasteiger partial charge >= 0.3 is 0 Å². The predicted molar refractivity (Wildman–Crippen MR) is 81.2 cm³/mol. The quantitative estimate of drug-likeness (QED) is 0.815. The lowest BCUT2D eigenvalue weighted by Gasteiger charge is -2.23. The van der Waals surface area contributed by atoms with Crippen molar-refractivity contribution in [3.05, 3.63) is 11.4 Å². The Morgan fingerprint density at radius 1 is 1.37 bits per heavy atom. The molecule has 2 N–H and O–H groups in total. The predicted octanol–water partition coefficient (Wildman–Crippen LogP) is 2.33. The smallest absolute Gasteiger partial charge is 0.225 e. The minimum atomic E-state index is 0.133. The zero-order valence-corrected chi connectivity index (χ0v) is 12.2. The number of anilines is 2. The maximum atomic E-state index is 9.25. The molecule has 2 rings (SSSR count). The van der Waals surface area contributed by atoms with Crippen LogP contribution in [0.3, 0.4) is 0 Å². The number of aliphatic hydroxyl groups is 1. The van der Waals surface area contributed by atoms with Crippen LogP contribution in [0.15, 0.2) is 11.4 Å². The first kappa shape index (κ1) is 14.0. The van der Waals surface area contributed by atoms with Crippen molar-refractivity contribution >= 4 is 33.3 Å². The van der Waals surface area contributed by atoms with E-state index in [4.69, 9.17) is 0 Å². The van der Waals surface area contributed by atoms with Crippen LogP contribution in [0.5, 0.6) is 0 Å². The summed E-state index contributed by atoms with van der Waals surface area (Å²) >= 11 is 1.61. The zero-order chi connectivity index (χ0) is 13.7. The maximum absolute atomic E-state index is 9.25. The minimum absolute atomic E-state index is 0.133. The van der Waals surface area contributed by atoms with Gasteiger partial charge in [0.05, 0.1) is 12.0 Å². The van der Waals surface area contributed by atoms with Crippen LogP contribution in [0.4, 0.5) is 11.8 Å². The normalized spacial score (nSPS) is 10.9. The van der Waals surface area contributed by atoms with Crippen LogP contribution in [-0.4, -0.2) is 41.8 Å². The van der Waals surface area contributed by atoms with Gasteiger partial charge in [-0.25, -0.2) is 4.98 Å². The summed E-state index contributed by atoms with van der Waals surface area (Å²) in [6, 6.07) is 2.05. The van der Waals surface area contributed by atoms with Gasteiger partial charge in [-0.15, -0.1) is 11.3 Å². The van der Waals surface area contributed by atoms with Crippen molar-refractivity contribution in [2.24, 2.45) is 0 Å². The molecule has 0 saturated heterocycles. The van der Waals surface area contributed by atoms with Crippen molar-refractivity contribution in [3.63, 3.8) is 0 Å². The Labute approximate surface area is 117 Å². The molecule has 6 heteroatoms. The number of hydrogen-bond acceptors (Lipinski definition) is 6. The molecule has 0 spiro atoms. The van der Waals surface area contributed by atoms with Crippen molar-refractivity contribution in [2.75, 3.05) is 37.0 Å². The van der Waals surface area contributed by atoms with Crippen LogP contribution in [-0.2, 0) is 0 Å². The lowest BCUT2D eigenvalue weighted by atomic mass is 10.3. The Balaban J connectivity index is 2.40. The Morgan fingerprint density at radius 3 is 2.89 bits per heavy atom. The first-order valence-corrected chi connectivity index (χ1v) is 7.47. The second kappa shape index (κ2) is 6.68. The third kappa shape index (κ3) is 3.13. The van der Waals surface area contributed by atoms with E-state index in [1.165, 1.54) is 0 Å². The number of nitrogens with one attached hydrogen (secondary N) is 1. The number of fused-ring (bicyclic) bond motifs is 1. The third-order valence-corrected chi connectivity index (χ3v) is 3.79. The highest BCUT2D eigenvalue weighted by molar-refractivity contribution is 7.16. The average Bonchev–Trinajstić information content (AvgIpc) is 2.90. The number of aliphatic hydroxyl groups excluding tert-OH is 1. The Morgan fingerprint density at radius 2 is 2.21 bits per heavy atom. The molecule has 0 saturated carbocycles. The standard InChI is InChI=1S/C13H20N4OS/c1-3-4-6-17(7-8-18)11-10-5-9-19-12(10)16-13(14-2)15-11/h5,9,18H,3-4,6-8H2,1-2H3,(H,14,15,16). The Bertz CT molecular complexity index is 528. The molecule has 19 heavy (non-hydrogen) atoms. The van der Waals surface area contributed by atoms with Gasteiger partial charge in [0.15, 0.2) is 0 Å². The van der Waals surface area contributed by atoms with Crippen molar-refractivity contribution in [1.82, 2.24) is 9.97 Å². The molecule has 2 aromatic rings. The van der Waals surface area contributed by atoms with E-state index in [0.717, 1.165) is 35.4 Å². The Kier molecular flexibility index (Phi) is 4.93. The van der Waals surface area contributed by atoms with E-state index in [9.17, 15) is 5.11 Å². The lowest BCUT2D eigenvalue weighted by Crippen LogP contribution is -2.29. The topological polar surface area (TPSA) is 61.3 Å².